The van der Waals surface area contributed by atoms with E-state index < -0.39 is 29.6 Å². The van der Waals surface area contributed by atoms with Gasteiger partial charge in [0.1, 0.15) is 6.04 Å². The number of nitrogens with zero attached hydrogens (tertiary/aromatic N) is 1. The monoisotopic (exact) mass is 325 g/mol. The fourth-order valence-corrected chi connectivity index (χ4v) is 2.97. The number of carbonyl (C=O) groups excluding carboxylic acids is 2. The van der Waals surface area contributed by atoms with Gasteiger partial charge in [-0.25, -0.2) is 8.78 Å². The molecule has 0 bridgehead atoms. The van der Waals surface area contributed by atoms with Crippen molar-refractivity contribution in [1.29, 1.82) is 0 Å². The van der Waals surface area contributed by atoms with Gasteiger partial charge in [0.2, 0.25) is 11.8 Å². The van der Waals surface area contributed by atoms with Crippen molar-refractivity contribution in [2.45, 2.75) is 44.2 Å². The van der Waals surface area contributed by atoms with Gasteiger partial charge in [0.15, 0.2) is 11.6 Å². The van der Waals surface area contributed by atoms with Crippen LogP contribution in [-0.4, -0.2) is 35.8 Å². The molecule has 1 aliphatic rings. The Kier molecular flexibility index (Phi) is 4.99. The van der Waals surface area contributed by atoms with Gasteiger partial charge in [-0.3, -0.25) is 9.59 Å². The van der Waals surface area contributed by atoms with Gasteiger partial charge < -0.3 is 16.4 Å². The number of nitrogens with two attached hydrogens (primary N) is 2. The number of likely N-dealkylation sites (N-methyl/N-ethyl adjacent to an activating group) is 1. The maximum atomic E-state index is 13.5. The number of benzene rings is 1. The molecule has 23 heavy (non-hydrogen) atoms. The van der Waals surface area contributed by atoms with E-state index in [2.05, 4.69) is 0 Å². The molecule has 126 valence electrons. The van der Waals surface area contributed by atoms with Crippen molar-refractivity contribution >= 4 is 11.8 Å². The first kappa shape index (κ1) is 17.3. The quantitative estimate of drug-likeness (QED) is 0.848. The Bertz CT molecular complexity index is 636. The van der Waals surface area contributed by atoms with Gasteiger partial charge in [-0.2, -0.15) is 0 Å². The third-order valence-electron chi connectivity index (χ3n) is 4.62. The molecule has 2 rings (SSSR count). The predicted molar refractivity (Wildman–Crippen MR) is 81.4 cm³/mol. The summed E-state index contributed by atoms with van der Waals surface area (Å²) in [6.07, 6.45) is 1.26. The number of aryl methyl sites for hydroxylation is 1. The van der Waals surface area contributed by atoms with Crippen molar-refractivity contribution in [2.75, 3.05) is 7.05 Å². The summed E-state index contributed by atoms with van der Waals surface area (Å²) in [5, 5.41) is 0. The Balaban J connectivity index is 2.09. The number of hydrogen-bond acceptors (Lipinski definition) is 3. The number of hydrogen-bond donors (Lipinski definition) is 2. The van der Waals surface area contributed by atoms with Crippen LogP contribution in [0.25, 0.3) is 0 Å². The molecule has 0 saturated heterocycles. The summed E-state index contributed by atoms with van der Waals surface area (Å²) in [6, 6.07) is 1.11. The predicted octanol–water partition coefficient (Wildman–Crippen LogP) is 1.04. The Morgan fingerprint density at radius 1 is 1.35 bits per heavy atom. The molecule has 1 aliphatic carbocycles. The average molecular weight is 325 g/mol. The van der Waals surface area contributed by atoms with E-state index >= 15 is 0 Å². The number of fused-ring (bicyclic) bond motifs is 1. The lowest BCUT2D eigenvalue weighted by Crippen LogP contribution is -2.45. The third kappa shape index (κ3) is 3.50. The van der Waals surface area contributed by atoms with Gasteiger partial charge in [0.05, 0.1) is 0 Å². The van der Waals surface area contributed by atoms with Crippen molar-refractivity contribution in [3.8, 4) is 0 Å². The zero-order valence-electron chi connectivity index (χ0n) is 13.2. The largest absolute Gasteiger partial charge is 0.368 e. The average Bonchev–Trinajstić information content (AvgIpc) is 2.88. The van der Waals surface area contributed by atoms with Crippen LogP contribution in [0.1, 0.15) is 36.8 Å². The van der Waals surface area contributed by atoms with E-state index in [1.165, 1.54) is 31.0 Å². The molecule has 3 atom stereocenters. The molecule has 0 aliphatic heterocycles. The molecule has 0 saturated carbocycles. The van der Waals surface area contributed by atoms with Gasteiger partial charge in [-0.15, -0.1) is 0 Å². The first-order valence-corrected chi connectivity index (χ1v) is 7.50. The fourth-order valence-electron chi connectivity index (χ4n) is 2.97. The normalized spacial score (nSPS) is 19.1. The summed E-state index contributed by atoms with van der Waals surface area (Å²) >= 11 is 0. The van der Waals surface area contributed by atoms with Crippen LogP contribution < -0.4 is 11.5 Å². The number of amides is 2. The van der Waals surface area contributed by atoms with Gasteiger partial charge in [-0.1, -0.05) is 0 Å². The highest BCUT2D eigenvalue weighted by Gasteiger charge is 2.31. The summed E-state index contributed by atoms with van der Waals surface area (Å²) in [7, 11) is 1.49. The standard InChI is InChI=1S/C16H21F2N3O2/c1-8(16(20)23)21(2)15(22)7-14(19)10-4-3-9-5-12(17)13(18)6-11(9)10/h5-6,8,10,14H,3-4,7,19H2,1-2H3,(H2,20,23). The van der Waals surface area contributed by atoms with Crippen molar-refractivity contribution in [1.82, 2.24) is 4.90 Å². The lowest BCUT2D eigenvalue weighted by atomic mass is 9.91. The summed E-state index contributed by atoms with van der Waals surface area (Å²) in [4.78, 5) is 24.6. The first-order valence-electron chi connectivity index (χ1n) is 7.50. The molecule has 7 heteroatoms. The number of rotatable bonds is 5. The second-order valence-corrected chi connectivity index (χ2v) is 6.06. The van der Waals surface area contributed by atoms with Crippen LogP contribution in [-0.2, 0) is 16.0 Å². The maximum Gasteiger partial charge on any atom is 0.239 e. The van der Waals surface area contributed by atoms with Crippen molar-refractivity contribution in [2.24, 2.45) is 11.5 Å². The van der Waals surface area contributed by atoms with Gasteiger partial charge >= 0.3 is 0 Å². The topological polar surface area (TPSA) is 89.4 Å². The third-order valence-corrected chi connectivity index (χ3v) is 4.62. The number of halogens is 2. The molecule has 0 heterocycles. The number of carbonyl (C=O) groups is 2. The highest BCUT2D eigenvalue weighted by Crippen LogP contribution is 2.37. The van der Waals surface area contributed by atoms with E-state index in [0.717, 1.165) is 5.56 Å². The lowest BCUT2D eigenvalue weighted by Gasteiger charge is -2.26. The molecule has 1 aromatic rings. The van der Waals surface area contributed by atoms with Crippen molar-refractivity contribution in [3.05, 3.63) is 34.9 Å². The van der Waals surface area contributed by atoms with Crippen molar-refractivity contribution in [3.63, 3.8) is 0 Å². The maximum absolute atomic E-state index is 13.5. The highest BCUT2D eigenvalue weighted by molar-refractivity contribution is 5.86. The van der Waals surface area contributed by atoms with E-state index in [0.29, 0.717) is 18.4 Å². The second-order valence-electron chi connectivity index (χ2n) is 6.06. The smallest absolute Gasteiger partial charge is 0.239 e. The van der Waals surface area contributed by atoms with Crippen LogP contribution in [0.2, 0.25) is 0 Å². The van der Waals surface area contributed by atoms with E-state index in [9.17, 15) is 18.4 Å². The zero-order valence-corrected chi connectivity index (χ0v) is 13.2. The van der Waals surface area contributed by atoms with E-state index in [1.54, 1.807) is 0 Å². The number of primary amides is 1. The van der Waals surface area contributed by atoms with Crippen LogP contribution in [0.3, 0.4) is 0 Å². The highest BCUT2D eigenvalue weighted by atomic mass is 19.2. The van der Waals surface area contributed by atoms with Crippen LogP contribution in [0.15, 0.2) is 12.1 Å². The molecule has 0 spiro atoms. The molecule has 2 amide bonds. The van der Waals surface area contributed by atoms with Crippen LogP contribution in [0.4, 0.5) is 8.78 Å². The summed E-state index contributed by atoms with van der Waals surface area (Å²) in [5.74, 6) is -2.89. The van der Waals surface area contributed by atoms with Gasteiger partial charge in [-0.05, 0) is 43.0 Å². The van der Waals surface area contributed by atoms with Crippen LogP contribution in [0, 0.1) is 11.6 Å². The van der Waals surface area contributed by atoms with E-state index in [-0.39, 0.29) is 18.2 Å². The Morgan fingerprint density at radius 3 is 2.57 bits per heavy atom. The van der Waals surface area contributed by atoms with E-state index in [1.807, 2.05) is 0 Å². The molecular formula is C16H21F2N3O2. The van der Waals surface area contributed by atoms with Gasteiger partial charge in [0.25, 0.3) is 0 Å². The van der Waals surface area contributed by atoms with Gasteiger partial charge in [0, 0.05) is 25.4 Å². The zero-order chi connectivity index (χ0) is 17.3. The van der Waals surface area contributed by atoms with Crippen LogP contribution in [0.5, 0.6) is 0 Å². The molecule has 0 fully saturated rings. The molecule has 1 aromatic carbocycles. The minimum absolute atomic E-state index is 0.0111. The summed E-state index contributed by atoms with van der Waals surface area (Å²) < 4.78 is 26.7. The molecule has 0 aromatic heterocycles. The molecular weight excluding hydrogens is 304 g/mol. The minimum Gasteiger partial charge on any atom is -0.368 e. The molecule has 4 N–H and O–H groups in total. The SMILES string of the molecule is CC(C(N)=O)N(C)C(=O)CC(N)C1CCc2cc(F)c(F)cc21. The summed E-state index contributed by atoms with van der Waals surface area (Å²) in [6.45, 7) is 1.54. The second kappa shape index (κ2) is 6.62. The summed E-state index contributed by atoms with van der Waals surface area (Å²) in [5.41, 5.74) is 12.7. The Labute approximate surface area is 133 Å². The fraction of sp³-hybridized carbons (Fsp3) is 0.500. The van der Waals surface area contributed by atoms with Crippen molar-refractivity contribution < 1.29 is 18.4 Å². The minimum atomic E-state index is -0.909. The Morgan fingerprint density at radius 2 is 1.96 bits per heavy atom. The molecule has 3 unspecified atom stereocenters. The van der Waals surface area contributed by atoms with E-state index in [4.69, 9.17) is 11.5 Å². The van der Waals surface area contributed by atoms with Crippen LogP contribution >= 0.6 is 0 Å². The Hall–Kier alpha value is -2.02. The first-order chi connectivity index (χ1) is 10.7. The lowest BCUT2D eigenvalue weighted by molar-refractivity contribution is -0.137. The molecule has 5 nitrogen and oxygen atoms in total. The molecule has 0 radical (unpaired) electrons.